The van der Waals surface area contributed by atoms with Gasteiger partial charge in [-0.05, 0) is 18.2 Å². The summed E-state index contributed by atoms with van der Waals surface area (Å²) in [5, 5.41) is 13.4. The minimum Gasteiger partial charge on any atom is -0.465 e. The van der Waals surface area contributed by atoms with Crippen LogP contribution in [0.2, 0.25) is 0 Å². The van der Waals surface area contributed by atoms with E-state index >= 15 is 0 Å². The van der Waals surface area contributed by atoms with Crippen LogP contribution in [0, 0.1) is 0 Å². The second-order valence-electron chi connectivity index (χ2n) is 4.27. The highest BCUT2D eigenvalue weighted by Gasteiger charge is 2.09. The molecule has 0 atom stereocenters. The number of hydrogen-bond acceptors (Lipinski definition) is 5. The minimum absolute atomic E-state index is 0.297. The molecule has 1 heterocycles. The van der Waals surface area contributed by atoms with Crippen LogP contribution in [0.3, 0.4) is 0 Å². The number of nitrogens with one attached hydrogen (secondary N) is 2. The Labute approximate surface area is 119 Å². The van der Waals surface area contributed by atoms with Crippen LogP contribution in [0.1, 0.15) is 0 Å². The Bertz CT molecular complexity index is 653. The van der Waals surface area contributed by atoms with Crippen molar-refractivity contribution < 1.29 is 14.7 Å². The van der Waals surface area contributed by atoms with Crippen LogP contribution in [0.15, 0.2) is 18.2 Å². The van der Waals surface area contributed by atoms with E-state index in [1.165, 1.54) is 11.3 Å². The van der Waals surface area contributed by atoms with Crippen molar-refractivity contribution in [1.29, 1.82) is 0 Å². The maximum absolute atomic E-state index is 11.5. The number of thiazole rings is 1. The topological polar surface area (TPSA) is 94.6 Å². The molecule has 2 aromatic rings. The zero-order valence-corrected chi connectivity index (χ0v) is 11.8. The summed E-state index contributed by atoms with van der Waals surface area (Å²) in [6, 6.07) is 5.81. The van der Waals surface area contributed by atoms with E-state index in [2.05, 4.69) is 10.3 Å². The van der Waals surface area contributed by atoms with Crippen LogP contribution in [-0.4, -0.2) is 42.7 Å². The van der Waals surface area contributed by atoms with Crippen molar-refractivity contribution >= 4 is 44.4 Å². The molecule has 20 heavy (non-hydrogen) atoms. The number of carboxylic acid groups (broad SMARTS) is 1. The lowest BCUT2D eigenvalue weighted by Gasteiger charge is -2.11. The van der Waals surface area contributed by atoms with Gasteiger partial charge in [-0.3, -0.25) is 4.79 Å². The lowest BCUT2D eigenvalue weighted by molar-refractivity contribution is -0.115. The Balaban J connectivity index is 2.11. The van der Waals surface area contributed by atoms with Gasteiger partial charge >= 0.3 is 6.09 Å². The Kier molecular flexibility index (Phi) is 4.04. The van der Waals surface area contributed by atoms with Gasteiger partial charge in [-0.25, -0.2) is 9.78 Å². The van der Waals surface area contributed by atoms with Gasteiger partial charge in [0.05, 0.1) is 10.2 Å². The van der Waals surface area contributed by atoms with Crippen molar-refractivity contribution in [2.24, 2.45) is 0 Å². The van der Waals surface area contributed by atoms with Gasteiger partial charge in [0.1, 0.15) is 6.54 Å². The average Bonchev–Trinajstić information content (AvgIpc) is 2.77. The summed E-state index contributed by atoms with van der Waals surface area (Å²) in [4.78, 5) is 28.0. The van der Waals surface area contributed by atoms with Crippen molar-refractivity contribution in [3.8, 4) is 0 Å². The van der Waals surface area contributed by atoms with Gasteiger partial charge in [0.2, 0.25) is 5.91 Å². The molecule has 2 amide bonds. The highest BCUT2D eigenvalue weighted by atomic mass is 32.1. The highest BCUT2D eigenvalue weighted by Crippen LogP contribution is 2.29. The summed E-state index contributed by atoms with van der Waals surface area (Å²) in [6.45, 7) is -0.297. The van der Waals surface area contributed by atoms with Gasteiger partial charge < -0.3 is 20.6 Å². The van der Waals surface area contributed by atoms with Crippen molar-refractivity contribution in [3.63, 3.8) is 0 Å². The molecular formula is C12H14N4O3S. The van der Waals surface area contributed by atoms with Crippen LogP contribution in [0.5, 0.6) is 0 Å². The third-order valence-corrected chi connectivity index (χ3v) is 3.47. The summed E-state index contributed by atoms with van der Waals surface area (Å²) < 4.78 is 0.956. The number of amides is 2. The third kappa shape index (κ3) is 3.35. The number of carbonyl (C=O) groups is 2. The highest BCUT2D eigenvalue weighted by molar-refractivity contribution is 7.22. The average molecular weight is 294 g/mol. The quantitative estimate of drug-likeness (QED) is 0.795. The molecule has 7 nitrogen and oxygen atoms in total. The van der Waals surface area contributed by atoms with Gasteiger partial charge in [-0.15, -0.1) is 0 Å². The summed E-state index contributed by atoms with van der Waals surface area (Å²) in [5.74, 6) is -0.445. The molecule has 8 heteroatoms. The first-order chi connectivity index (χ1) is 9.45. The minimum atomic E-state index is -1.24. The van der Waals surface area contributed by atoms with Crippen LogP contribution in [-0.2, 0) is 4.79 Å². The molecule has 0 aliphatic heterocycles. The molecule has 3 N–H and O–H groups in total. The number of aromatic nitrogens is 1. The number of nitrogens with zero attached hydrogens (tertiary/aromatic N) is 2. The molecule has 1 aromatic heterocycles. The van der Waals surface area contributed by atoms with E-state index in [0.717, 1.165) is 15.9 Å². The summed E-state index contributed by atoms with van der Waals surface area (Å²) in [5.41, 5.74) is 1.84. The maximum Gasteiger partial charge on any atom is 0.405 e. The van der Waals surface area contributed by atoms with E-state index in [4.69, 9.17) is 5.11 Å². The van der Waals surface area contributed by atoms with E-state index in [1.807, 2.05) is 42.5 Å². The van der Waals surface area contributed by atoms with E-state index in [1.54, 1.807) is 0 Å². The predicted octanol–water partition coefficient (Wildman–Crippen LogP) is 1.57. The van der Waals surface area contributed by atoms with E-state index < -0.39 is 12.0 Å². The number of carbonyl (C=O) groups excluding carboxylic acids is 1. The molecule has 0 saturated heterocycles. The van der Waals surface area contributed by atoms with Crippen molar-refractivity contribution in [2.45, 2.75) is 0 Å². The second-order valence-corrected chi connectivity index (χ2v) is 5.30. The third-order valence-electron chi connectivity index (χ3n) is 2.53. The van der Waals surface area contributed by atoms with Gasteiger partial charge in [-0.1, -0.05) is 11.3 Å². The number of anilines is 2. The first-order valence-electron chi connectivity index (χ1n) is 5.80. The molecule has 0 aliphatic carbocycles. The molecule has 0 unspecified atom stereocenters. The van der Waals surface area contributed by atoms with Crippen LogP contribution in [0.4, 0.5) is 15.6 Å². The molecule has 0 radical (unpaired) electrons. The maximum atomic E-state index is 11.5. The lowest BCUT2D eigenvalue weighted by Crippen LogP contribution is -2.31. The second kappa shape index (κ2) is 5.74. The molecular weight excluding hydrogens is 280 g/mol. The fraction of sp³-hybridized carbons (Fsp3) is 0.250. The van der Waals surface area contributed by atoms with Crippen LogP contribution < -0.4 is 15.5 Å². The van der Waals surface area contributed by atoms with Crippen molar-refractivity contribution in [1.82, 2.24) is 10.3 Å². The van der Waals surface area contributed by atoms with Gasteiger partial charge in [0, 0.05) is 19.8 Å². The van der Waals surface area contributed by atoms with Crippen LogP contribution in [0.25, 0.3) is 10.2 Å². The summed E-state index contributed by atoms with van der Waals surface area (Å²) >= 11 is 1.35. The first-order valence-corrected chi connectivity index (χ1v) is 6.62. The van der Waals surface area contributed by atoms with Crippen LogP contribution >= 0.6 is 11.3 Å². The number of hydrogen-bond donors (Lipinski definition) is 3. The number of benzene rings is 1. The largest absolute Gasteiger partial charge is 0.465 e. The Morgan fingerprint density at radius 2 is 2.15 bits per heavy atom. The molecule has 0 aliphatic rings. The Hall–Kier alpha value is -2.35. The molecule has 0 fully saturated rings. The fourth-order valence-corrected chi connectivity index (χ4v) is 2.48. The fourth-order valence-electron chi connectivity index (χ4n) is 1.56. The zero-order chi connectivity index (χ0) is 14.7. The molecule has 1 aromatic carbocycles. The van der Waals surface area contributed by atoms with Gasteiger partial charge in [0.15, 0.2) is 5.13 Å². The normalized spacial score (nSPS) is 10.3. The van der Waals surface area contributed by atoms with E-state index in [9.17, 15) is 9.59 Å². The SMILES string of the molecule is CN(C)c1ccc2nc(NC(=O)CNC(=O)O)sc2c1. The smallest absolute Gasteiger partial charge is 0.405 e. The zero-order valence-electron chi connectivity index (χ0n) is 11.0. The van der Waals surface area contributed by atoms with Crippen molar-refractivity contribution in [3.05, 3.63) is 18.2 Å². The predicted molar refractivity (Wildman–Crippen MR) is 78.6 cm³/mol. The van der Waals surface area contributed by atoms with E-state index in [0.29, 0.717) is 5.13 Å². The number of fused-ring (bicyclic) bond motifs is 1. The monoisotopic (exact) mass is 294 g/mol. The Morgan fingerprint density at radius 3 is 2.80 bits per heavy atom. The molecule has 2 rings (SSSR count). The van der Waals surface area contributed by atoms with Gasteiger partial charge in [0.25, 0.3) is 0 Å². The molecule has 0 saturated carbocycles. The summed E-state index contributed by atoms with van der Waals surface area (Å²) in [6.07, 6.45) is -1.24. The lowest BCUT2D eigenvalue weighted by atomic mass is 10.3. The molecule has 106 valence electrons. The first kappa shape index (κ1) is 14.1. The standard InChI is InChI=1S/C12H14N4O3S/c1-16(2)7-3-4-8-9(5-7)20-11(14-8)15-10(17)6-13-12(18)19/h3-5,13H,6H2,1-2H3,(H,18,19)(H,14,15,17). The molecule has 0 bridgehead atoms. The van der Waals surface area contributed by atoms with Gasteiger partial charge in [-0.2, -0.15) is 0 Å². The van der Waals surface area contributed by atoms with Crippen molar-refractivity contribution in [2.75, 3.05) is 30.9 Å². The van der Waals surface area contributed by atoms with E-state index in [-0.39, 0.29) is 6.54 Å². The molecule has 0 spiro atoms. The number of rotatable bonds is 4. The summed E-state index contributed by atoms with van der Waals surface area (Å²) in [7, 11) is 3.89. The Morgan fingerprint density at radius 1 is 1.40 bits per heavy atom.